The smallest absolute Gasteiger partial charge is 0.306 e. The molecule has 0 unspecified atom stereocenters. The summed E-state index contributed by atoms with van der Waals surface area (Å²) in [4.78, 5) is 100. The molecule has 6 amide bonds. The number of rotatable bonds is 23. The van der Waals surface area contributed by atoms with Gasteiger partial charge in [0.25, 0.3) is 0 Å². The van der Waals surface area contributed by atoms with Crippen LogP contribution in [0.2, 0.25) is 0 Å². The Morgan fingerprint density at radius 2 is 1.47 bits per heavy atom. The molecule has 1 aliphatic heterocycles. The Bertz CT molecular complexity index is 1650. The van der Waals surface area contributed by atoms with Gasteiger partial charge in [-0.3, -0.25) is 38.6 Å². The number of aliphatic hydroxyl groups is 1. The Balaban J connectivity index is 2.45. The number of benzene rings is 1. The number of carbonyl (C=O) groups is 7. The van der Waals surface area contributed by atoms with E-state index in [1.54, 1.807) is 27.7 Å². The quantitative estimate of drug-likeness (QED) is 0.0261. The number of nitrogens with zero attached hydrogens (tertiary/aromatic N) is 2. The van der Waals surface area contributed by atoms with Crippen molar-refractivity contribution in [1.29, 1.82) is 0 Å². The zero-order chi connectivity index (χ0) is 45.2. The first kappa shape index (κ1) is 50.6. The fourth-order valence-corrected chi connectivity index (χ4v) is 6.44. The highest BCUT2D eigenvalue weighted by Gasteiger charge is 2.39. The van der Waals surface area contributed by atoms with Crippen molar-refractivity contribution in [3.8, 4) is 5.75 Å². The highest BCUT2D eigenvalue weighted by molar-refractivity contribution is 5.97. The Kier molecular flexibility index (Phi) is 20.7. The van der Waals surface area contributed by atoms with Gasteiger partial charge in [0.2, 0.25) is 35.4 Å². The van der Waals surface area contributed by atoms with Crippen LogP contribution >= 0.6 is 0 Å². The molecule has 1 aromatic carbocycles. The van der Waals surface area contributed by atoms with Gasteiger partial charge in [0.15, 0.2) is 5.96 Å². The van der Waals surface area contributed by atoms with Gasteiger partial charge in [0.1, 0.15) is 47.6 Å². The van der Waals surface area contributed by atoms with Gasteiger partial charge in [-0.05, 0) is 89.8 Å². The molecule has 6 atom stereocenters. The molecule has 1 aliphatic rings. The molecule has 60 heavy (non-hydrogen) atoms. The fraction of sp³-hybridized carbons (Fsp3) is 0.650. The van der Waals surface area contributed by atoms with Crippen molar-refractivity contribution in [2.24, 2.45) is 28.1 Å². The molecular formula is C40H66N10O10. The third-order valence-electron chi connectivity index (χ3n) is 9.32. The van der Waals surface area contributed by atoms with E-state index in [4.69, 9.17) is 21.9 Å². The molecule has 0 aromatic heterocycles. The van der Waals surface area contributed by atoms with Gasteiger partial charge in [-0.25, -0.2) is 0 Å². The molecule has 13 N–H and O–H groups in total. The number of aromatic hydroxyl groups is 1. The normalized spacial score (nSPS) is 16.4. The number of nitrogens with one attached hydrogen (secondary N) is 5. The highest BCUT2D eigenvalue weighted by atomic mass is 16.6. The lowest BCUT2D eigenvalue weighted by Crippen LogP contribution is -2.60. The van der Waals surface area contributed by atoms with E-state index < -0.39 is 84.0 Å². The van der Waals surface area contributed by atoms with Gasteiger partial charge < -0.3 is 63.6 Å². The van der Waals surface area contributed by atoms with E-state index in [1.165, 1.54) is 29.2 Å². The summed E-state index contributed by atoms with van der Waals surface area (Å²) < 4.78 is 5.42. The van der Waals surface area contributed by atoms with E-state index in [1.807, 2.05) is 13.8 Å². The number of aliphatic imine (C=N–C) groups is 1. The Morgan fingerprint density at radius 1 is 0.883 bits per heavy atom. The van der Waals surface area contributed by atoms with Crippen molar-refractivity contribution < 1.29 is 48.5 Å². The maximum atomic E-state index is 14.2. The number of hydrogen-bond donors (Lipinski definition) is 10. The summed E-state index contributed by atoms with van der Waals surface area (Å²) in [6.07, 6.45) is 0.802. The minimum Gasteiger partial charge on any atom is -0.508 e. The third-order valence-corrected chi connectivity index (χ3v) is 9.32. The van der Waals surface area contributed by atoms with Crippen LogP contribution in [0.1, 0.15) is 92.1 Å². The Hall–Kier alpha value is -5.50. The van der Waals surface area contributed by atoms with Crippen molar-refractivity contribution in [2.75, 3.05) is 26.2 Å². The molecule has 1 saturated heterocycles. The van der Waals surface area contributed by atoms with Crippen LogP contribution in [0, 0.1) is 5.92 Å². The van der Waals surface area contributed by atoms with Gasteiger partial charge >= 0.3 is 5.97 Å². The summed E-state index contributed by atoms with van der Waals surface area (Å²) in [5.41, 5.74) is 16.3. The number of nitrogens with two attached hydrogens (primary N) is 3. The predicted octanol–water partition coefficient (Wildman–Crippen LogP) is -1.46. The molecule has 2 rings (SSSR count). The number of phenolic OH excluding ortho intramolecular Hbond substituents is 1. The minimum atomic E-state index is -1.45. The first-order valence-electron chi connectivity index (χ1n) is 20.4. The molecule has 0 bridgehead atoms. The summed E-state index contributed by atoms with van der Waals surface area (Å²) >= 11 is 0. The maximum absolute atomic E-state index is 14.2. The SMILES string of the molecule is CCNC(=O)[C@@H]1CCCN1C(=O)[C@H](CCCN=C(N)N)NC(=O)[C@H](CC(C)C)NC(=O)[C@@H](CCC(=O)OC(C)(C)C)NC(=O)[C@H](Cc1ccc(O)cc1)NC(=O)[C@@H](N)CO. The summed E-state index contributed by atoms with van der Waals surface area (Å²) in [5, 5.41) is 32.5. The fourth-order valence-electron chi connectivity index (χ4n) is 6.44. The molecule has 0 radical (unpaired) electrons. The monoisotopic (exact) mass is 846 g/mol. The first-order valence-corrected chi connectivity index (χ1v) is 20.4. The number of guanidine groups is 1. The number of esters is 1. The molecule has 1 aromatic rings. The number of phenols is 1. The number of ether oxygens (including phenoxy) is 1. The number of likely N-dealkylation sites (tertiary alicyclic amines) is 1. The van der Waals surface area contributed by atoms with Crippen LogP contribution in [0.3, 0.4) is 0 Å². The molecular weight excluding hydrogens is 780 g/mol. The van der Waals surface area contributed by atoms with Gasteiger partial charge in [-0.1, -0.05) is 26.0 Å². The zero-order valence-electron chi connectivity index (χ0n) is 35.6. The van der Waals surface area contributed by atoms with E-state index in [9.17, 15) is 43.8 Å². The summed E-state index contributed by atoms with van der Waals surface area (Å²) in [6.45, 7) is 10.5. The van der Waals surface area contributed by atoms with Gasteiger partial charge in [-0.2, -0.15) is 0 Å². The zero-order valence-corrected chi connectivity index (χ0v) is 35.6. The van der Waals surface area contributed by atoms with Crippen LogP contribution < -0.4 is 43.8 Å². The number of likely N-dealkylation sites (N-methyl/N-ethyl adjacent to an activating group) is 1. The van der Waals surface area contributed by atoms with Crippen molar-refractivity contribution in [2.45, 2.75) is 135 Å². The topological polar surface area (TPSA) is 323 Å². The standard InChI is InChI=1S/C40H66N10O10/c1-7-44-37(58)31-11-9-19-50(31)38(59)28(10-8-18-45-39(42)43)47-35(56)29(20-23(2)3)49-34(55)27(16-17-32(53)60-40(4,5)6)46-36(57)30(48-33(54)26(41)22-51)21-24-12-14-25(52)15-13-24/h12-15,23,26-31,51-52H,7-11,16-22,41H2,1-6H3,(H,44,58)(H,46,57)(H,47,56)(H,48,54)(H,49,55)(H4,42,43,45)/t26-,27+,28-,29-,30-,31-/m0/s1. The second-order valence-corrected chi connectivity index (χ2v) is 16.2. The largest absolute Gasteiger partial charge is 0.508 e. The van der Waals surface area contributed by atoms with E-state index in [2.05, 4.69) is 31.6 Å². The van der Waals surface area contributed by atoms with Crippen LogP contribution in [-0.2, 0) is 44.7 Å². The Morgan fingerprint density at radius 3 is 2.05 bits per heavy atom. The highest BCUT2D eigenvalue weighted by Crippen LogP contribution is 2.20. The summed E-state index contributed by atoms with van der Waals surface area (Å²) in [6, 6.07) is -1.41. The lowest BCUT2D eigenvalue weighted by atomic mass is 10.0. The molecule has 1 heterocycles. The average Bonchev–Trinajstić information content (AvgIpc) is 3.66. The molecule has 0 aliphatic carbocycles. The maximum Gasteiger partial charge on any atom is 0.306 e. The Labute approximate surface area is 351 Å². The van der Waals surface area contributed by atoms with Gasteiger partial charge in [0, 0.05) is 32.5 Å². The predicted molar refractivity (Wildman–Crippen MR) is 222 cm³/mol. The lowest BCUT2D eigenvalue weighted by molar-refractivity contribution is -0.155. The van der Waals surface area contributed by atoms with Crippen molar-refractivity contribution in [3.05, 3.63) is 29.8 Å². The van der Waals surface area contributed by atoms with E-state index in [0.717, 1.165) is 0 Å². The average molecular weight is 847 g/mol. The second kappa shape index (κ2) is 24.6. The van der Waals surface area contributed by atoms with Crippen LogP contribution in [0.25, 0.3) is 0 Å². The van der Waals surface area contributed by atoms with Crippen LogP contribution in [0.15, 0.2) is 29.3 Å². The van der Waals surface area contributed by atoms with Gasteiger partial charge in [0.05, 0.1) is 6.61 Å². The first-order chi connectivity index (χ1) is 28.1. The molecule has 20 nitrogen and oxygen atoms in total. The van der Waals surface area contributed by atoms with Crippen molar-refractivity contribution in [3.63, 3.8) is 0 Å². The number of hydrogen-bond acceptors (Lipinski definition) is 12. The number of amides is 6. The molecule has 1 fully saturated rings. The van der Waals surface area contributed by atoms with Gasteiger partial charge in [-0.15, -0.1) is 0 Å². The summed E-state index contributed by atoms with van der Waals surface area (Å²) in [5.74, 6) is -5.06. The lowest BCUT2D eigenvalue weighted by Gasteiger charge is -2.30. The molecule has 0 spiro atoms. The number of aliphatic hydroxyl groups excluding tert-OH is 1. The van der Waals surface area contributed by atoms with E-state index in [0.29, 0.717) is 37.9 Å². The van der Waals surface area contributed by atoms with E-state index >= 15 is 0 Å². The van der Waals surface area contributed by atoms with Crippen molar-refractivity contribution >= 4 is 47.4 Å². The third kappa shape index (κ3) is 17.8. The molecule has 0 saturated carbocycles. The van der Waals surface area contributed by atoms with Crippen molar-refractivity contribution in [1.82, 2.24) is 31.5 Å². The van der Waals surface area contributed by atoms with E-state index in [-0.39, 0.29) is 62.2 Å². The van der Waals surface area contributed by atoms with Crippen LogP contribution in [0.5, 0.6) is 5.75 Å². The van der Waals surface area contributed by atoms with Crippen LogP contribution in [-0.4, -0.2) is 131 Å². The summed E-state index contributed by atoms with van der Waals surface area (Å²) in [7, 11) is 0. The molecule has 336 valence electrons. The minimum absolute atomic E-state index is 0.0359. The second-order valence-electron chi connectivity index (χ2n) is 16.2. The van der Waals surface area contributed by atoms with Crippen LogP contribution in [0.4, 0.5) is 0 Å². The number of carbonyl (C=O) groups excluding carboxylic acids is 7. The molecule has 20 heteroatoms.